The molecule has 0 atom stereocenters. The third kappa shape index (κ3) is 3.22. The maximum absolute atomic E-state index is 8.92. The van der Waals surface area contributed by atoms with Gasteiger partial charge in [0.05, 0.1) is 12.7 Å². The van der Waals surface area contributed by atoms with Gasteiger partial charge in [0, 0.05) is 19.6 Å². The van der Waals surface area contributed by atoms with Crippen LogP contribution in [0.4, 0.5) is 0 Å². The van der Waals surface area contributed by atoms with Crippen molar-refractivity contribution in [3.05, 3.63) is 29.3 Å². The first kappa shape index (κ1) is 12.9. The van der Waals surface area contributed by atoms with Crippen molar-refractivity contribution in [3.8, 4) is 11.8 Å². The molecule has 18 heavy (non-hydrogen) atoms. The second-order valence-corrected chi connectivity index (χ2v) is 4.53. The number of piperidine rings is 1. The standard InChI is InChI=1S/C14H19N3O/c1-18-14-9-12(5-6-13(14)10-15)11-16-17-7-3-2-4-8-17/h5-6,9,16H,2-4,7-8,11H2,1H3. The van der Waals surface area contributed by atoms with E-state index < -0.39 is 0 Å². The molecule has 1 aliphatic heterocycles. The zero-order chi connectivity index (χ0) is 12.8. The Morgan fingerprint density at radius 2 is 2.11 bits per heavy atom. The Hall–Kier alpha value is -1.57. The van der Waals surface area contributed by atoms with E-state index in [1.54, 1.807) is 7.11 Å². The summed E-state index contributed by atoms with van der Waals surface area (Å²) in [5.74, 6) is 0.649. The van der Waals surface area contributed by atoms with Crippen LogP contribution in [0.5, 0.6) is 5.75 Å². The molecular formula is C14H19N3O. The molecule has 0 aromatic heterocycles. The highest BCUT2D eigenvalue weighted by molar-refractivity contribution is 5.45. The highest BCUT2D eigenvalue weighted by Gasteiger charge is 2.09. The molecule has 1 fully saturated rings. The maximum atomic E-state index is 8.92. The fourth-order valence-corrected chi connectivity index (χ4v) is 2.19. The van der Waals surface area contributed by atoms with Crippen molar-refractivity contribution in [2.45, 2.75) is 25.8 Å². The number of nitrogens with one attached hydrogen (secondary N) is 1. The normalized spacial score (nSPS) is 16.2. The predicted octanol–water partition coefficient (Wildman–Crippen LogP) is 2.06. The number of benzene rings is 1. The molecule has 4 heteroatoms. The molecule has 0 saturated carbocycles. The Morgan fingerprint density at radius 1 is 1.33 bits per heavy atom. The minimum atomic E-state index is 0.583. The van der Waals surface area contributed by atoms with Crippen LogP contribution in [0.15, 0.2) is 18.2 Å². The summed E-state index contributed by atoms with van der Waals surface area (Å²) in [6.45, 7) is 3.02. The molecule has 2 rings (SSSR count). The third-order valence-electron chi connectivity index (χ3n) is 3.25. The SMILES string of the molecule is COc1cc(CNN2CCCCC2)ccc1C#N. The van der Waals surface area contributed by atoms with Crippen molar-refractivity contribution in [2.75, 3.05) is 20.2 Å². The van der Waals surface area contributed by atoms with E-state index in [2.05, 4.69) is 16.5 Å². The molecule has 0 unspecified atom stereocenters. The Morgan fingerprint density at radius 3 is 2.78 bits per heavy atom. The molecule has 1 aromatic rings. The van der Waals surface area contributed by atoms with E-state index in [1.165, 1.54) is 19.3 Å². The van der Waals surface area contributed by atoms with Crippen LogP contribution in [-0.4, -0.2) is 25.2 Å². The summed E-state index contributed by atoms with van der Waals surface area (Å²) in [4.78, 5) is 0. The summed E-state index contributed by atoms with van der Waals surface area (Å²) in [5.41, 5.74) is 5.14. The summed E-state index contributed by atoms with van der Waals surface area (Å²) in [6.07, 6.45) is 3.87. The van der Waals surface area contributed by atoms with E-state index in [0.717, 1.165) is 25.2 Å². The number of rotatable bonds is 4. The van der Waals surface area contributed by atoms with Gasteiger partial charge in [0.25, 0.3) is 0 Å². The first-order valence-corrected chi connectivity index (χ1v) is 6.39. The molecular weight excluding hydrogens is 226 g/mol. The van der Waals surface area contributed by atoms with Gasteiger partial charge < -0.3 is 4.74 Å². The fraction of sp³-hybridized carbons (Fsp3) is 0.500. The van der Waals surface area contributed by atoms with Gasteiger partial charge >= 0.3 is 0 Å². The molecule has 0 spiro atoms. The monoisotopic (exact) mass is 245 g/mol. The van der Waals surface area contributed by atoms with Gasteiger partial charge in [-0.25, -0.2) is 5.01 Å². The summed E-state index contributed by atoms with van der Waals surface area (Å²) < 4.78 is 5.20. The van der Waals surface area contributed by atoms with E-state index in [-0.39, 0.29) is 0 Å². The number of nitriles is 1. The lowest BCUT2D eigenvalue weighted by molar-refractivity contribution is 0.151. The lowest BCUT2D eigenvalue weighted by Crippen LogP contribution is -2.41. The average Bonchev–Trinajstić information content (AvgIpc) is 2.45. The van der Waals surface area contributed by atoms with Crippen LogP contribution in [0.25, 0.3) is 0 Å². The van der Waals surface area contributed by atoms with Gasteiger partial charge in [-0.3, -0.25) is 5.43 Å². The van der Waals surface area contributed by atoms with E-state index in [4.69, 9.17) is 10.00 Å². The Labute approximate surface area is 108 Å². The highest BCUT2D eigenvalue weighted by Crippen LogP contribution is 2.19. The van der Waals surface area contributed by atoms with Crippen LogP contribution in [0.1, 0.15) is 30.4 Å². The molecule has 1 saturated heterocycles. The van der Waals surface area contributed by atoms with E-state index in [9.17, 15) is 0 Å². The zero-order valence-electron chi connectivity index (χ0n) is 10.8. The maximum Gasteiger partial charge on any atom is 0.136 e. The fourth-order valence-electron chi connectivity index (χ4n) is 2.19. The second kappa shape index (κ2) is 6.39. The van der Waals surface area contributed by atoms with Crippen molar-refractivity contribution < 1.29 is 4.74 Å². The topological polar surface area (TPSA) is 48.3 Å². The Balaban J connectivity index is 1.95. The number of ether oxygens (including phenoxy) is 1. The molecule has 1 heterocycles. The number of hydrogen-bond donors (Lipinski definition) is 1. The summed E-state index contributed by atoms with van der Waals surface area (Å²) in [6, 6.07) is 7.83. The van der Waals surface area contributed by atoms with Gasteiger partial charge in [-0.05, 0) is 30.5 Å². The minimum absolute atomic E-state index is 0.583. The summed E-state index contributed by atoms with van der Waals surface area (Å²) in [7, 11) is 1.60. The highest BCUT2D eigenvalue weighted by atomic mass is 16.5. The molecule has 4 nitrogen and oxygen atoms in total. The number of hydrazine groups is 1. The predicted molar refractivity (Wildman–Crippen MR) is 70.0 cm³/mol. The second-order valence-electron chi connectivity index (χ2n) is 4.53. The molecule has 0 bridgehead atoms. The van der Waals surface area contributed by atoms with E-state index >= 15 is 0 Å². The van der Waals surface area contributed by atoms with Crippen molar-refractivity contribution in [3.63, 3.8) is 0 Å². The minimum Gasteiger partial charge on any atom is -0.495 e. The van der Waals surface area contributed by atoms with Crippen LogP contribution in [0, 0.1) is 11.3 Å². The molecule has 0 aliphatic carbocycles. The van der Waals surface area contributed by atoms with E-state index in [1.807, 2.05) is 18.2 Å². The van der Waals surface area contributed by atoms with Crippen molar-refractivity contribution in [1.82, 2.24) is 10.4 Å². The first-order valence-electron chi connectivity index (χ1n) is 6.39. The molecule has 0 amide bonds. The summed E-state index contributed by atoms with van der Waals surface area (Å²) in [5, 5.41) is 11.2. The van der Waals surface area contributed by atoms with Crippen LogP contribution in [0.3, 0.4) is 0 Å². The van der Waals surface area contributed by atoms with Crippen LogP contribution >= 0.6 is 0 Å². The first-order chi connectivity index (χ1) is 8.83. The lowest BCUT2D eigenvalue weighted by atomic mass is 10.1. The van der Waals surface area contributed by atoms with Gasteiger partial charge in [0.15, 0.2) is 0 Å². The van der Waals surface area contributed by atoms with Gasteiger partial charge in [-0.2, -0.15) is 5.26 Å². The molecule has 1 aliphatic rings. The van der Waals surface area contributed by atoms with Crippen molar-refractivity contribution in [1.29, 1.82) is 5.26 Å². The number of nitrogens with zero attached hydrogens (tertiary/aromatic N) is 2. The van der Waals surface area contributed by atoms with Crippen molar-refractivity contribution in [2.24, 2.45) is 0 Å². The molecule has 1 aromatic carbocycles. The molecule has 0 radical (unpaired) electrons. The largest absolute Gasteiger partial charge is 0.495 e. The lowest BCUT2D eigenvalue weighted by Gasteiger charge is -2.27. The number of methoxy groups -OCH3 is 1. The average molecular weight is 245 g/mol. The van der Waals surface area contributed by atoms with Crippen molar-refractivity contribution >= 4 is 0 Å². The van der Waals surface area contributed by atoms with Gasteiger partial charge in [-0.1, -0.05) is 12.5 Å². The van der Waals surface area contributed by atoms with Crippen LogP contribution in [-0.2, 0) is 6.54 Å². The van der Waals surface area contributed by atoms with E-state index in [0.29, 0.717) is 11.3 Å². The smallest absolute Gasteiger partial charge is 0.136 e. The van der Waals surface area contributed by atoms with Gasteiger partial charge in [0.1, 0.15) is 11.8 Å². The zero-order valence-corrected chi connectivity index (χ0v) is 10.8. The Kier molecular flexibility index (Phi) is 4.57. The molecule has 1 N–H and O–H groups in total. The van der Waals surface area contributed by atoms with Gasteiger partial charge in [0.2, 0.25) is 0 Å². The number of hydrogen-bond acceptors (Lipinski definition) is 4. The molecule has 96 valence electrons. The van der Waals surface area contributed by atoms with Crippen LogP contribution < -0.4 is 10.2 Å². The Bertz CT molecular complexity index is 433. The quantitative estimate of drug-likeness (QED) is 0.882. The summed E-state index contributed by atoms with van der Waals surface area (Å²) >= 11 is 0. The third-order valence-corrected chi connectivity index (χ3v) is 3.25. The van der Waals surface area contributed by atoms with Gasteiger partial charge in [-0.15, -0.1) is 0 Å². The van der Waals surface area contributed by atoms with Crippen LogP contribution in [0.2, 0.25) is 0 Å².